The molecule has 0 atom stereocenters. The fourth-order valence-electron chi connectivity index (χ4n) is 1.42. The third-order valence-corrected chi connectivity index (χ3v) is 3.59. The van der Waals surface area contributed by atoms with Crippen molar-refractivity contribution in [2.75, 3.05) is 0 Å². The largest absolute Gasteiger partial charge is 0.309 e. The second-order valence-corrected chi connectivity index (χ2v) is 4.55. The molecular weight excluding hydrogens is 196 g/mol. The summed E-state index contributed by atoms with van der Waals surface area (Å²) in [6, 6.07) is 0. The Bertz CT molecular complexity index is 539. The zero-order valence-corrected chi connectivity index (χ0v) is 9.29. The Morgan fingerprint density at radius 1 is 1.43 bits per heavy atom. The van der Waals surface area contributed by atoms with Crippen molar-refractivity contribution in [3.8, 4) is 0 Å². The van der Waals surface area contributed by atoms with Crippen LogP contribution < -0.4 is 5.56 Å². The van der Waals surface area contributed by atoms with E-state index >= 15 is 0 Å². The first-order valence-corrected chi connectivity index (χ1v) is 5.44. The molecule has 1 N–H and O–H groups in total. The van der Waals surface area contributed by atoms with Crippen LogP contribution >= 0.6 is 11.3 Å². The van der Waals surface area contributed by atoms with Gasteiger partial charge in [-0.15, -0.1) is 11.3 Å². The molecular formula is C10H12N2OS. The third-order valence-electron chi connectivity index (χ3n) is 2.40. The lowest BCUT2D eigenvalue weighted by Crippen LogP contribution is -2.09. The molecule has 0 aromatic carbocycles. The van der Waals surface area contributed by atoms with Gasteiger partial charge in [-0.2, -0.15) is 0 Å². The summed E-state index contributed by atoms with van der Waals surface area (Å²) >= 11 is 1.52. The van der Waals surface area contributed by atoms with Gasteiger partial charge >= 0.3 is 0 Å². The number of aromatic amines is 1. The molecule has 0 bridgehead atoms. The van der Waals surface area contributed by atoms with E-state index in [0.717, 1.165) is 28.0 Å². The molecule has 3 nitrogen and oxygen atoms in total. The molecule has 74 valence electrons. The van der Waals surface area contributed by atoms with Gasteiger partial charge in [0, 0.05) is 11.3 Å². The van der Waals surface area contributed by atoms with Crippen molar-refractivity contribution in [2.45, 2.75) is 27.2 Å². The molecule has 0 aliphatic rings. The highest BCUT2D eigenvalue weighted by molar-refractivity contribution is 7.19. The molecule has 0 fully saturated rings. The number of rotatable bonds is 1. The fourth-order valence-corrected chi connectivity index (χ4v) is 2.42. The standard InChI is InChI=1S/C10H12N2OS/c1-4-7-11-8-5(2)6(3)14-9(8)10(13)12-7/h4H2,1-3H3,(H,11,12,13). The van der Waals surface area contributed by atoms with E-state index in [2.05, 4.69) is 9.97 Å². The number of aryl methyl sites for hydroxylation is 3. The van der Waals surface area contributed by atoms with E-state index in [4.69, 9.17) is 0 Å². The third kappa shape index (κ3) is 1.26. The highest BCUT2D eigenvalue weighted by atomic mass is 32.1. The second-order valence-electron chi connectivity index (χ2n) is 3.33. The van der Waals surface area contributed by atoms with Gasteiger partial charge in [-0.25, -0.2) is 4.98 Å². The van der Waals surface area contributed by atoms with Gasteiger partial charge in [0.25, 0.3) is 5.56 Å². The lowest BCUT2D eigenvalue weighted by molar-refractivity contribution is 0.945. The summed E-state index contributed by atoms with van der Waals surface area (Å²) in [6.07, 6.45) is 0.763. The first-order valence-electron chi connectivity index (χ1n) is 4.62. The smallest absolute Gasteiger partial charge is 0.268 e. The number of fused-ring (bicyclic) bond motifs is 1. The van der Waals surface area contributed by atoms with E-state index in [-0.39, 0.29) is 5.56 Å². The molecule has 0 aliphatic heterocycles. The molecule has 14 heavy (non-hydrogen) atoms. The van der Waals surface area contributed by atoms with Crippen LogP contribution in [0.3, 0.4) is 0 Å². The van der Waals surface area contributed by atoms with E-state index in [0.29, 0.717) is 0 Å². The van der Waals surface area contributed by atoms with E-state index in [1.165, 1.54) is 16.2 Å². The molecule has 0 amide bonds. The average Bonchev–Trinajstić information content (AvgIpc) is 2.45. The van der Waals surface area contributed by atoms with E-state index in [1.54, 1.807) is 0 Å². The highest BCUT2D eigenvalue weighted by Gasteiger charge is 2.10. The van der Waals surface area contributed by atoms with Crippen LogP contribution in [0.2, 0.25) is 0 Å². The molecule has 2 rings (SSSR count). The van der Waals surface area contributed by atoms with E-state index in [1.807, 2.05) is 20.8 Å². The molecule has 0 unspecified atom stereocenters. The van der Waals surface area contributed by atoms with Crippen molar-refractivity contribution in [3.05, 3.63) is 26.6 Å². The summed E-state index contributed by atoms with van der Waals surface area (Å²) < 4.78 is 0.747. The van der Waals surface area contributed by atoms with Crippen molar-refractivity contribution in [1.29, 1.82) is 0 Å². The number of nitrogens with one attached hydrogen (secondary N) is 1. The molecule has 2 aromatic heterocycles. The summed E-state index contributed by atoms with van der Waals surface area (Å²) in [4.78, 5) is 20.0. The lowest BCUT2D eigenvalue weighted by Gasteiger charge is -1.96. The maximum atomic E-state index is 11.6. The van der Waals surface area contributed by atoms with Crippen molar-refractivity contribution >= 4 is 21.6 Å². The first kappa shape index (κ1) is 9.40. The van der Waals surface area contributed by atoms with Gasteiger partial charge in [-0.05, 0) is 19.4 Å². The second kappa shape index (κ2) is 3.20. The first-order chi connectivity index (χ1) is 6.63. The summed E-state index contributed by atoms with van der Waals surface area (Å²) in [7, 11) is 0. The zero-order chi connectivity index (χ0) is 10.3. The summed E-state index contributed by atoms with van der Waals surface area (Å²) in [5.74, 6) is 0.767. The maximum absolute atomic E-state index is 11.6. The Hall–Kier alpha value is -1.16. The van der Waals surface area contributed by atoms with Gasteiger partial charge in [-0.1, -0.05) is 6.92 Å². The van der Waals surface area contributed by atoms with Gasteiger partial charge in [0.05, 0.1) is 5.52 Å². The number of H-pyrrole nitrogens is 1. The minimum atomic E-state index is -0.00644. The molecule has 0 saturated heterocycles. The molecule has 0 spiro atoms. The van der Waals surface area contributed by atoms with E-state index in [9.17, 15) is 4.79 Å². The summed E-state index contributed by atoms with van der Waals surface area (Å²) in [5.41, 5.74) is 1.99. The van der Waals surface area contributed by atoms with Crippen LogP contribution in [0.4, 0.5) is 0 Å². The fraction of sp³-hybridized carbons (Fsp3) is 0.400. The highest BCUT2D eigenvalue weighted by Crippen LogP contribution is 2.25. The van der Waals surface area contributed by atoms with Crippen LogP contribution in [0.25, 0.3) is 10.2 Å². The van der Waals surface area contributed by atoms with Crippen LogP contribution in [0, 0.1) is 13.8 Å². The average molecular weight is 208 g/mol. The summed E-state index contributed by atoms with van der Waals surface area (Å²) in [5, 5.41) is 0. The molecule has 0 radical (unpaired) electrons. The predicted molar refractivity (Wildman–Crippen MR) is 59.1 cm³/mol. The van der Waals surface area contributed by atoms with E-state index < -0.39 is 0 Å². The molecule has 2 aromatic rings. The normalized spacial score (nSPS) is 11.1. The van der Waals surface area contributed by atoms with Crippen LogP contribution in [-0.4, -0.2) is 9.97 Å². The Morgan fingerprint density at radius 3 is 2.79 bits per heavy atom. The molecule has 0 aliphatic carbocycles. The van der Waals surface area contributed by atoms with Crippen molar-refractivity contribution in [3.63, 3.8) is 0 Å². The van der Waals surface area contributed by atoms with Crippen molar-refractivity contribution < 1.29 is 0 Å². The Morgan fingerprint density at radius 2 is 2.14 bits per heavy atom. The van der Waals surface area contributed by atoms with Crippen LogP contribution in [-0.2, 0) is 6.42 Å². The van der Waals surface area contributed by atoms with Crippen LogP contribution in [0.15, 0.2) is 4.79 Å². The van der Waals surface area contributed by atoms with Gasteiger partial charge in [0.2, 0.25) is 0 Å². The Labute approximate surface area is 85.8 Å². The topological polar surface area (TPSA) is 45.8 Å². The quantitative estimate of drug-likeness (QED) is 0.780. The molecule has 4 heteroatoms. The van der Waals surface area contributed by atoms with Gasteiger partial charge < -0.3 is 4.98 Å². The van der Waals surface area contributed by atoms with Gasteiger partial charge in [0.15, 0.2) is 0 Å². The zero-order valence-electron chi connectivity index (χ0n) is 8.47. The number of thiophene rings is 1. The van der Waals surface area contributed by atoms with Crippen LogP contribution in [0.1, 0.15) is 23.2 Å². The number of hydrogen-bond acceptors (Lipinski definition) is 3. The predicted octanol–water partition coefficient (Wildman–Crippen LogP) is 2.16. The molecule has 0 saturated carbocycles. The summed E-state index contributed by atoms with van der Waals surface area (Å²) in [6.45, 7) is 6.02. The number of nitrogens with zero attached hydrogens (tertiary/aromatic N) is 1. The molecule has 2 heterocycles. The van der Waals surface area contributed by atoms with Gasteiger partial charge in [0.1, 0.15) is 10.5 Å². The van der Waals surface area contributed by atoms with Crippen LogP contribution in [0.5, 0.6) is 0 Å². The minimum Gasteiger partial charge on any atom is -0.309 e. The maximum Gasteiger partial charge on any atom is 0.268 e. The van der Waals surface area contributed by atoms with Crippen molar-refractivity contribution in [1.82, 2.24) is 9.97 Å². The SMILES string of the molecule is CCc1nc2c(C)c(C)sc2c(=O)[nH]1. The monoisotopic (exact) mass is 208 g/mol. The Balaban J connectivity index is 2.91. The van der Waals surface area contributed by atoms with Crippen molar-refractivity contribution in [2.24, 2.45) is 0 Å². The lowest BCUT2D eigenvalue weighted by atomic mass is 10.2. The minimum absolute atomic E-state index is 0.00644. The Kier molecular flexibility index (Phi) is 2.15. The number of aromatic nitrogens is 2. The van der Waals surface area contributed by atoms with Gasteiger partial charge in [-0.3, -0.25) is 4.79 Å². The number of hydrogen-bond donors (Lipinski definition) is 1.